The lowest BCUT2D eigenvalue weighted by Crippen LogP contribution is -2.26. The highest BCUT2D eigenvalue weighted by Crippen LogP contribution is 2.30. The Hall–Kier alpha value is -1.98. The first kappa shape index (κ1) is 14.1. The van der Waals surface area contributed by atoms with Crippen LogP contribution in [0.3, 0.4) is 0 Å². The first-order chi connectivity index (χ1) is 8.34. The van der Waals surface area contributed by atoms with Crippen molar-refractivity contribution in [3.05, 3.63) is 42.5 Å². The summed E-state index contributed by atoms with van der Waals surface area (Å²) in [6.45, 7) is 3.38. The third kappa shape index (κ3) is 3.80. The summed E-state index contributed by atoms with van der Waals surface area (Å²) in [5.74, 6) is -1.13. The molecule has 3 nitrogen and oxygen atoms in total. The molecular weight excluding hydrogens is 249 g/mol. The summed E-state index contributed by atoms with van der Waals surface area (Å²) in [5.41, 5.74) is -0.814. The number of carbonyl (C=O) groups is 1. The monoisotopic (exact) mass is 260 g/mol. The second-order valence-electron chi connectivity index (χ2n) is 3.49. The standard InChI is InChI=1S/C12H11F3O3/c1-2-3-10(11(16)17)18-9-6-4-8(5-7-9)12(13,14)15/h2,4-7,10H,1,3H2,(H,16,17)/t10-/m1/s1. The molecule has 0 radical (unpaired) electrons. The van der Waals surface area contributed by atoms with E-state index < -0.39 is 23.8 Å². The van der Waals surface area contributed by atoms with E-state index in [1.807, 2.05) is 0 Å². The normalized spacial score (nSPS) is 12.8. The largest absolute Gasteiger partial charge is 0.478 e. The van der Waals surface area contributed by atoms with Gasteiger partial charge in [0.15, 0.2) is 6.10 Å². The molecule has 0 saturated heterocycles. The minimum Gasteiger partial charge on any atom is -0.478 e. The van der Waals surface area contributed by atoms with Crippen LogP contribution in [0.1, 0.15) is 12.0 Å². The summed E-state index contributed by atoms with van der Waals surface area (Å²) in [4.78, 5) is 10.8. The zero-order valence-electron chi connectivity index (χ0n) is 9.28. The van der Waals surface area contributed by atoms with Crippen molar-refractivity contribution in [1.82, 2.24) is 0 Å². The quantitative estimate of drug-likeness (QED) is 0.827. The van der Waals surface area contributed by atoms with E-state index in [1.54, 1.807) is 0 Å². The van der Waals surface area contributed by atoms with Crippen molar-refractivity contribution in [1.29, 1.82) is 0 Å². The average molecular weight is 260 g/mol. The van der Waals surface area contributed by atoms with Crippen molar-refractivity contribution in [3.8, 4) is 5.75 Å². The number of hydrogen-bond acceptors (Lipinski definition) is 2. The molecule has 18 heavy (non-hydrogen) atoms. The van der Waals surface area contributed by atoms with Gasteiger partial charge in [-0.25, -0.2) is 4.79 Å². The van der Waals surface area contributed by atoms with Crippen LogP contribution in [0.2, 0.25) is 0 Å². The second-order valence-corrected chi connectivity index (χ2v) is 3.49. The van der Waals surface area contributed by atoms with Crippen molar-refractivity contribution in [3.63, 3.8) is 0 Å². The summed E-state index contributed by atoms with van der Waals surface area (Å²) in [6.07, 6.45) is -4.15. The van der Waals surface area contributed by atoms with Crippen LogP contribution in [0.5, 0.6) is 5.75 Å². The number of halogens is 3. The lowest BCUT2D eigenvalue weighted by Gasteiger charge is -2.14. The highest BCUT2D eigenvalue weighted by molar-refractivity contribution is 5.73. The van der Waals surface area contributed by atoms with Gasteiger partial charge < -0.3 is 9.84 Å². The molecule has 0 saturated carbocycles. The Morgan fingerprint density at radius 3 is 2.33 bits per heavy atom. The lowest BCUT2D eigenvalue weighted by molar-refractivity contribution is -0.145. The van der Waals surface area contributed by atoms with Crippen molar-refractivity contribution < 1.29 is 27.8 Å². The number of benzene rings is 1. The van der Waals surface area contributed by atoms with Gasteiger partial charge >= 0.3 is 12.1 Å². The number of aliphatic carboxylic acids is 1. The van der Waals surface area contributed by atoms with Gasteiger partial charge in [0.05, 0.1) is 5.56 Å². The molecule has 0 fully saturated rings. The number of alkyl halides is 3. The molecule has 1 N–H and O–H groups in total. The maximum Gasteiger partial charge on any atom is 0.416 e. The fourth-order valence-electron chi connectivity index (χ4n) is 1.24. The maximum absolute atomic E-state index is 12.3. The third-order valence-electron chi connectivity index (χ3n) is 2.12. The van der Waals surface area contributed by atoms with E-state index in [-0.39, 0.29) is 12.2 Å². The van der Waals surface area contributed by atoms with Crippen molar-refractivity contribution in [2.75, 3.05) is 0 Å². The van der Waals surface area contributed by atoms with Crippen LogP contribution in [0.4, 0.5) is 13.2 Å². The van der Waals surface area contributed by atoms with Gasteiger partial charge in [-0.2, -0.15) is 13.2 Å². The number of carboxylic acid groups (broad SMARTS) is 1. The van der Waals surface area contributed by atoms with E-state index in [4.69, 9.17) is 9.84 Å². The Morgan fingerprint density at radius 2 is 1.94 bits per heavy atom. The van der Waals surface area contributed by atoms with Gasteiger partial charge in [0.25, 0.3) is 0 Å². The van der Waals surface area contributed by atoms with Crippen molar-refractivity contribution >= 4 is 5.97 Å². The zero-order chi connectivity index (χ0) is 13.8. The maximum atomic E-state index is 12.3. The van der Waals surface area contributed by atoms with E-state index in [0.717, 1.165) is 24.3 Å². The molecule has 1 rings (SSSR count). The van der Waals surface area contributed by atoms with Gasteiger partial charge in [-0.15, -0.1) is 6.58 Å². The minimum absolute atomic E-state index is 0.0658. The van der Waals surface area contributed by atoms with Crippen LogP contribution in [-0.4, -0.2) is 17.2 Å². The number of carboxylic acids is 1. The molecule has 0 aliphatic rings. The van der Waals surface area contributed by atoms with E-state index in [1.165, 1.54) is 6.08 Å². The predicted octanol–water partition coefficient (Wildman–Crippen LogP) is 3.11. The molecule has 0 bridgehead atoms. The van der Waals surface area contributed by atoms with Gasteiger partial charge in [-0.1, -0.05) is 6.08 Å². The summed E-state index contributed by atoms with van der Waals surface area (Å²) in [6, 6.07) is 3.84. The van der Waals surface area contributed by atoms with Crippen LogP contribution < -0.4 is 4.74 Å². The van der Waals surface area contributed by atoms with E-state index in [2.05, 4.69) is 6.58 Å². The highest BCUT2D eigenvalue weighted by atomic mass is 19.4. The van der Waals surface area contributed by atoms with Crippen LogP contribution in [0.25, 0.3) is 0 Å². The molecule has 1 aromatic rings. The van der Waals surface area contributed by atoms with Gasteiger partial charge in [-0.3, -0.25) is 0 Å². The number of rotatable bonds is 5. The summed E-state index contributed by atoms with van der Waals surface area (Å²) >= 11 is 0. The molecule has 0 spiro atoms. The van der Waals surface area contributed by atoms with Crippen LogP contribution >= 0.6 is 0 Å². The van der Waals surface area contributed by atoms with Crippen molar-refractivity contribution in [2.24, 2.45) is 0 Å². The second kappa shape index (κ2) is 5.57. The van der Waals surface area contributed by atoms with E-state index in [9.17, 15) is 18.0 Å². The van der Waals surface area contributed by atoms with Crippen LogP contribution in [-0.2, 0) is 11.0 Å². The number of ether oxygens (including phenoxy) is 1. The molecule has 98 valence electrons. The Balaban J connectivity index is 2.79. The van der Waals surface area contributed by atoms with E-state index in [0.29, 0.717) is 0 Å². The molecule has 1 atom stereocenters. The van der Waals surface area contributed by atoms with Gasteiger partial charge in [0, 0.05) is 6.42 Å². The molecule has 1 aromatic carbocycles. The summed E-state index contributed by atoms with van der Waals surface area (Å²) in [5, 5.41) is 8.80. The van der Waals surface area contributed by atoms with Crippen LogP contribution in [0, 0.1) is 0 Å². The molecule has 0 heterocycles. The Bertz CT molecular complexity index is 423. The Kier molecular flexibility index (Phi) is 4.36. The zero-order valence-corrected chi connectivity index (χ0v) is 9.28. The van der Waals surface area contributed by atoms with Gasteiger partial charge in [0.2, 0.25) is 0 Å². The summed E-state index contributed by atoms with van der Waals surface area (Å²) < 4.78 is 41.9. The molecule has 0 amide bonds. The van der Waals surface area contributed by atoms with Gasteiger partial charge in [0.1, 0.15) is 5.75 Å². The predicted molar refractivity (Wildman–Crippen MR) is 58.3 cm³/mol. The molecular formula is C12H11F3O3. The molecule has 0 aliphatic heterocycles. The smallest absolute Gasteiger partial charge is 0.416 e. The SMILES string of the molecule is C=CC[C@@H](Oc1ccc(C(F)(F)F)cc1)C(=O)O. The topological polar surface area (TPSA) is 46.5 Å². The minimum atomic E-state index is -4.42. The summed E-state index contributed by atoms with van der Waals surface area (Å²) in [7, 11) is 0. The average Bonchev–Trinajstić information content (AvgIpc) is 2.28. The molecule has 0 unspecified atom stereocenters. The molecule has 0 aliphatic carbocycles. The van der Waals surface area contributed by atoms with Crippen LogP contribution in [0.15, 0.2) is 36.9 Å². The first-order valence-corrected chi connectivity index (χ1v) is 5.02. The number of hydrogen-bond donors (Lipinski definition) is 1. The third-order valence-corrected chi connectivity index (χ3v) is 2.12. The Labute approximate surface area is 101 Å². The van der Waals surface area contributed by atoms with Crippen molar-refractivity contribution in [2.45, 2.75) is 18.7 Å². The Morgan fingerprint density at radius 1 is 1.39 bits per heavy atom. The molecule has 0 aromatic heterocycles. The first-order valence-electron chi connectivity index (χ1n) is 5.02. The fourth-order valence-corrected chi connectivity index (χ4v) is 1.24. The highest BCUT2D eigenvalue weighted by Gasteiger charge is 2.30. The molecule has 6 heteroatoms. The van der Waals surface area contributed by atoms with E-state index >= 15 is 0 Å². The lowest BCUT2D eigenvalue weighted by atomic mass is 10.2. The van der Waals surface area contributed by atoms with Gasteiger partial charge in [-0.05, 0) is 24.3 Å². The fraction of sp³-hybridized carbons (Fsp3) is 0.250.